The predicted molar refractivity (Wildman–Crippen MR) is 135 cm³/mol. The molecule has 8 nitrogen and oxygen atoms in total. The summed E-state index contributed by atoms with van der Waals surface area (Å²) in [6.45, 7) is 2.57. The second kappa shape index (κ2) is 7.38. The van der Waals surface area contributed by atoms with Crippen molar-refractivity contribution < 1.29 is 19.0 Å². The number of likely N-dealkylation sites (tertiary alicyclic amines) is 1. The summed E-state index contributed by atoms with van der Waals surface area (Å²) in [5, 5.41) is 3.12. The molecule has 1 aromatic heterocycles. The van der Waals surface area contributed by atoms with E-state index in [-0.39, 0.29) is 22.8 Å². The molecular formula is C29H34N4O4. The molecule has 1 amide bonds. The highest BCUT2D eigenvalue weighted by Gasteiger charge is 2.79. The summed E-state index contributed by atoms with van der Waals surface area (Å²) in [6.07, 6.45) is 12.0. The summed E-state index contributed by atoms with van der Waals surface area (Å²) >= 11 is 0. The molecule has 0 unspecified atom stereocenters. The average molecular weight is 503 g/mol. The first-order valence-corrected chi connectivity index (χ1v) is 13.7. The molecule has 37 heavy (non-hydrogen) atoms. The lowest BCUT2D eigenvalue weighted by Crippen LogP contribution is -2.78. The third kappa shape index (κ3) is 2.61. The minimum absolute atomic E-state index is 0.0868. The molecule has 3 fully saturated rings. The summed E-state index contributed by atoms with van der Waals surface area (Å²) in [6, 6.07) is 4.67. The minimum Gasteiger partial charge on any atom is -0.493 e. The van der Waals surface area contributed by atoms with Crippen LogP contribution < -0.4 is 14.8 Å². The number of H-pyrrole nitrogens is 1. The van der Waals surface area contributed by atoms with Crippen LogP contribution in [0.3, 0.4) is 0 Å². The molecular weight excluding hydrogens is 468 g/mol. The molecule has 2 N–H and O–H groups in total. The van der Waals surface area contributed by atoms with Crippen LogP contribution in [0, 0.1) is 11.3 Å². The first-order valence-electron chi connectivity index (χ1n) is 13.7. The topological polar surface area (TPSA) is 88.7 Å². The fourth-order valence-electron chi connectivity index (χ4n) is 8.92. The van der Waals surface area contributed by atoms with Crippen LogP contribution in [0.2, 0.25) is 0 Å². The van der Waals surface area contributed by atoms with Gasteiger partial charge in [0.2, 0.25) is 5.91 Å². The number of ether oxygens (including phenoxy) is 3. The summed E-state index contributed by atoms with van der Waals surface area (Å²) in [7, 11) is 3.46. The summed E-state index contributed by atoms with van der Waals surface area (Å²) in [5.74, 6) is 3.12. The lowest BCUT2D eigenvalue weighted by molar-refractivity contribution is -0.196. The Morgan fingerprint density at radius 1 is 1.27 bits per heavy atom. The highest BCUT2D eigenvalue weighted by molar-refractivity contribution is 5.97. The third-order valence-corrected chi connectivity index (χ3v) is 10.6. The van der Waals surface area contributed by atoms with E-state index >= 15 is 0 Å². The molecule has 0 radical (unpaired) electrons. The molecule has 5 atom stereocenters. The van der Waals surface area contributed by atoms with Gasteiger partial charge in [-0.1, -0.05) is 12.1 Å². The van der Waals surface area contributed by atoms with Crippen molar-refractivity contribution in [3.05, 3.63) is 53.1 Å². The molecule has 4 bridgehead atoms. The zero-order valence-corrected chi connectivity index (χ0v) is 21.5. The van der Waals surface area contributed by atoms with E-state index in [0.717, 1.165) is 67.6 Å². The van der Waals surface area contributed by atoms with Gasteiger partial charge in [-0.3, -0.25) is 9.69 Å². The van der Waals surface area contributed by atoms with Crippen molar-refractivity contribution >= 4 is 5.91 Å². The van der Waals surface area contributed by atoms with E-state index in [2.05, 4.69) is 38.4 Å². The number of hydrogen-bond acceptors (Lipinski definition) is 6. The van der Waals surface area contributed by atoms with Crippen LogP contribution in [0.1, 0.15) is 49.1 Å². The van der Waals surface area contributed by atoms with Crippen molar-refractivity contribution in [1.82, 2.24) is 20.2 Å². The molecule has 1 aromatic carbocycles. The highest BCUT2D eigenvalue weighted by Crippen LogP contribution is 2.74. The van der Waals surface area contributed by atoms with Crippen LogP contribution in [-0.4, -0.2) is 65.8 Å². The molecule has 8 heteroatoms. The number of imidazole rings is 1. The van der Waals surface area contributed by atoms with Crippen molar-refractivity contribution in [3.8, 4) is 11.5 Å². The average Bonchev–Trinajstić information content (AvgIpc) is 3.43. The number of fused-ring (bicyclic) bond motifs is 1. The number of aromatic amines is 1. The number of nitrogens with one attached hydrogen (secondary N) is 2. The van der Waals surface area contributed by atoms with E-state index in [1.165, 1.54) is 24.0 Å². The van der Waals surface area contributed by atoms with E-state index in [4.69, 9.17) is 14.2 Å². The maximum Gasteiger partial charge on any atom is 0.250 e. The maximum atomic E-state index is 13.9. The van der Waals surface area contributed by atoms with Crippen LogP contribution in [0.25, 0.3) is 0 Å². The molecule has 194 valence electrons. The molecule has 1 saturated heterocycles. The van der Waals surface area contributed by atoms with Gasteiger partial charge in [0.25, 0.3) is 0 Å². The Morgan fingerprint density at radius 3 is 2.92 bits per heavy atom. The number of rotatable bonds is 7. The van der Waals surface area contributed by atoms with Crippen LogP contribution in [-0.2, 0) is 27.9 Å². The lowest BCUT2D eigenvalue weighted by atomic mass is 9.37. The Hall–Kier alpha value is -2.84. The Labute approximate surface area is 216 Å². The van der Waals surface area contributed by atoms with Gasteiger partial charge < -0.3 is 24.5 Å². The first kappa shape index (κ1) is 22.2. The largest absolute Gasteiger partial charge is 0.493 e. The zero-order chi connectivity index (χ0) is 25.0. The first-order chi connectivity index (χ1) is 18.1. The van der Waals surface area contributed by atoms with Crippen molar-refractivity contribution in [2.45, 2.75) is 68.2 Å². The monoisotopic (exact) mass is 502 g/mol. The second-order valence-corrected chi connectivity index (χ2v) is 11.9. The summed E-state index contributed by atoms with van der Waals surface area (Å²) in [5.41, 5.74) is 2.23. The van der Waals surface area contributed by atoms with Crippen LogP contribution in [0.4, 0.5) is 0 Å². The van der Waals surface area contributed by atoms with Crippen molar-refractivity contribution in [2.75, 3.05) is 27.3 Å². The van der Waals surface area contributed by atoms with Gasteiger partial charge in [0, 0.05) is 48.6 Å². The number of amides is 1. The molecule has 2 spiro atoms. The number of nitrogens with zero attached hydrogens (tertiary/aromatic N) is 2. The molecule has 2 saturated carbocycles. The predicted octanol–water partition coefficient (Wildman–Crippen LogP) is 2.88. The third-order valence-electron chi connectivity index (χ3n) is 10.6. The van der Waals surface area contributed by atoms with Gasteiger partial charge in [0.05, 0.1) is 19.1 Å². The number of carbonyl (C=O) groups is 1. The van der Waals surface area contributed by atoms with Gasteiger partial charge in [0.15, 0.2) is 11.5 Å². The van der Waals surface area contributed by atoms with E-state index in [0.29, 0.717) is 12.6 Å². The molecule has 9 rings (SSSR count). The number of aromatic nitrogens is 2. The van der Waals surface area contributed by atoms with Gasteiger partial charge in [0.1, 0.15) is 17.5 Å². The van der Waals surface area contributed by atoms with Gasteiger partial charge in [-0.25, -0.2) is 4.98 Å². The van der Waals surface area contributed by atoms with Gasteiger partial charge in [-0.15, -0.1) is 0 Å². The number of hydrogen-bond donors (Lipinski definition) is 2. The standard InChI is InChI=1S/C29H34N4O4/c1-35-20-6-5-18-13-21-27-7-8-29(36-2,19(14-27)25(34)32-15-22-30-10-11-31-22)26-28(27,23(18)24(20)37-26)9-12-33(21)16-17-3-4-17/h5-6,10-11,14,17,21,26H,3-4,7-9,12-13,15-16H2,1-2H3,(H,30,31)(H,32,34)/t21-,26-,27-,28+,29-/m1/s1. The summed E-state index contributed by atoms with van der Waals surface area (Å²) in [4.78, 5) is 24.0. The van der Waals surface area contributed by atoms with Crippen LogP contribution in [0.15, 0.2) is 36.2 Å². The molecule has 3 heterocycles. The SMILES string of the molecule is COc1ccc2c3c1O[C@@H]1[C@]34CCN(CC3CC3)[C@H](C2)[C@@]42C=C(C(=O)NCc3ncc[nH]3)[C@]1(OC)CC2. The van der Waals surface area contributed by atoms with E-state index in [1.54, 1.807) is 26.6 Å². The van der Waals surface area contributed by atoms with Crippen molar-refractivity contribution in [3.63, 3.8) is 0 Å². The number of benzene rings is 1. The van der Waals surface area contributed by atoms with Crippen LogP contribution in [0.5, 0.6) is 11.5 Å². The normalized spacial score (nSPS) is 36.5. The Kier molecular flexibility index (Phi) is 4.42. The Balaban J connectivity index is 1.31. The molecule has 7 aliphatic rings. The Bertz CT molecular complexity index is 1320. The molecule has 2 aliphatic heterocycles. The molecule has 5 aliphatic carbocycles. The number of piperidine rings is 1. The molecule has 2 aromatic rings. The Morgan fingerprint density at radius 2 is 2.16 bits per heavy atom. The zero-order valence-electron chi connectivity index (χ0n) is 21.5. The number of methoxy groups -OCH3 is 2. The highest BCUT2D eigenvalue weighted by atomic mass is 16.6. The fraction of sp³-hybridized carbons (Fsp3) is 0.586. The smallest absolute Gasteiger partial charge is 0.250 e. The minimum atomic E-state index is -0.809. The lowest BCUT2D eigenvalue weighted by Gasteiger charge is -2.70. The van der Waals surface area contributed by atoms with Crippen LogP contribution >= 0.6 is 0 Å². The fourth-order valence-corrected chi connectivity index (χ4v) is 8.92. The van der Waals surface area contributed by atoms with Gasteiger partial charge in [-0.2, -0.15) is 0 Å². The van der Waals surface area contributed by atoms with Crippen molar-refractivity contribution in [2.24, 2.45) is 11.3 Å². The van der Waals surface area contributed by atoms with Gasteiger partial charge >= 0.3 is 0 Å². The van der Waals surface area contributed by atoms with E-state index < -0.39 is 5.60 Å². The van der Waals surface area contributed by atoms with Gasteiger partial charge in [-0.05, 0) is 62.6 Å². The maximum absolute atomic E-state index is 13.9. The quantitative estimate of drug-likeness (QED) is 0.606. The second-order valence-electron chi connectivity index (χ2n) is 11.9. The van der Waals surface area contributed by atoms with E-state index in [1.807, 2.05) is 0 Å². The van der Waals surface area contributed by atoms with E-state index in [9.17, 15) is 4.79 Å². The van der Waals surface area contributed by atoms with Crippen molar-refractivity contribution in [1.29, 1.82) is 0 Å². The summed E-state index contributed by atoms with van der Waals surface area (Å²) < 4.78 is 19.2. The number of carbonyl (C=O) groups excluding carboxylic acids is 1.